The fourth-order valence-corrected chi connectivity index (χ4v) is 1.77. The first-order valence-electron chi connectivity index (χ1n) is 4.15. The van der Waals surface area contributed by atoms with Crippen molar-refractivity contribution in [2.24, 2.45) is 0 Å². The summed E-state index contributed by atoms with van der Waals surface area (Å²) in [4.78, 5) is 0. The second-order valence-corrected chi connectivity index (χ2v) is 3.93. The van der Waals surface area contributed by atoms with E-state index in [1.165, 1.54) is 0 Å². The fraction of sp³-hybridized carbons (Fsp3) is 0.625. The molecule has 1 aromatic rings. The Kier molecular flexibility index (Phi) is 3.77. The molecule has 0 unspecified atom stereocenters. The minimum absolute atomic E-state index is 0.375. The molecule has 0 saturated carbocycles. The Morgan fingerprint density at radius 3 is 3.08 bits per heavy atom. The Hall–Kier alpha value is -1.02. The summed E-state index contributed by atoms with van der Waals surface area (Å²) in [7, 11) is 0. The normalized spacial score (nSPS) is 10.3. The molecule has 0 saturated heterocycles. The van der Waals surface area contributed by atoms with Crippen molar-refractivity contribution in [3.05, 3.63) is 6.33 Å². The van der Waals surface area contributed by atoms with Crippen LogP contribution in [0.25, 0.3) is 0 Å². The SMILES string of the molecule is CC(C)n1cnnc1SCCC#N. The molecule has 0 fully saturated rings. The third-order valence-corrected chi connectivity index (χ3v) is 2.50. The molecule has 0 aliphatic rings. The molecule has 0 N–H and O–H groups in total. The van der Waals surface area contributed by atoms with Gasteiger partial charge in [-0.1, -0.05) is 11.8 Å². The van der Waals surface area contributed by atoms with Gasteiger partial charge < -0.3 is 4.57 Å². The molecule has 0 spiro atoms. The summed E-state index contributed by atoms with van der Waals surface area (Å²) >= 11 is 1.57. The van der Waals surface area contributed by atoms with Gasteiger partial charge in [-0.2, -0.15) is 5.26 Å². The predicted molar refractivity (Wildman–Crippen MR) is 51.4 cm³/mol. The lowest BCUT2D eigenvalue weighted by atomic mass is 10.4. The van der Waals surface area contributed by atoms with Gasteiger partial charge in [0.25, 0.3) is 0 Å². The van der Waals surface area contributed by atoms with Crippen molar-refractivity contribution in [3.63, 3.8) is 0 Å². The van der Waals surface area contributed by atoms with Crippen LogP contribution in [0.2, 0.25) is 0 Å². The van der Waals surface area contributed by atoms with Gasteiger partial charge in [0, 0.05) is 18.2 Å². The molecule has 0 bridgehead atoms. The second-order valence-electron chi connectivity index (χ2n) is 2.87. The van der Waals surface area contributed by atoms with Crippen molar-refractivity contribution >= 4 is 11.8 Å². The minimum Gasteiger partial charge on any atom is -0.306 e. The van der Waals surface area contributed by atoms with Crippen molar-refractivity contribution < 1.29 is 0 Å². The van der Waals surface area contributed by atoms with E-state index in [2.05, 4.69) is 30.1 Å². The molecule has 1 aromatic heterocycles. The summed E-state index contributed by atoms with van der Waals surface area (Å²) in [6, 6.07) is 2.48. The molecule has 0 radical (unpaired) electrons. The number of nitrogens with zero attached hydrogens (tertiary/aromatic N) is 4. The quantitative estimate of drug-likeness (QED) is 0.545. The van der Waals surface area contributed by atoms with E-state index in [1.807, 2.05) is 4.57 Å². The highest BCUT2D eigenvalue weighted by molar-refractivity contribution is 7.99. The maximum atomic E-state index is 8.37. The van der Waals surface area contributed by atoms with Crippen LogP contribution in [0.3, 0.4) is 0 Å². The van der Waals surface area contributed by atoms with Crippen LogP contribution in [0.4, 0.5) is 0 Å². The Morgan fingerprint density at radius 2 is 2.46 bits per heavy atom. The number of aromatic nitrogens is 3. The number of hydrogen-bond donors (Lipinski definition) is 0. The smallest absolute Gasteiger partial charge is 0.191 e. The van der Waals surface area contributed by atoms with Gasteiger partial charge in [-0.15, -0.1) is 10.2 Å². The van der Waals surface area contributed by atoms with Crippen molar-refractivity contribution in [1.82, 2.24) is 14.8 Å². The molecule has 0 amide bonds. The van der Waals surface area contributed by atoms with Crippen LogP contribution < -0.4 is 0 Å². The van der Waals surface area contributed by atoms with Crippen LogP contribution in [0.5, 0.6) is 0 Å². The summed E-state index contributed by atoms with van der Waals surface area (Å²) in [5.74, 6) is 0.780. The Bertz CT molecular complexity index is 299. The molecule has 4 nitrogen and oxygen atoms in total. The van der Waals surface area contributed by atoms with Crippen molar-refractivity contribution in [2.75, 3.05) is 5.75 Å². The Morgan fingerprint density at radius 1 is 1.69 bits per heavy atom. The van der Waals surface area contributed by atoms with E-state index in [-0.39, 0.29) is 0 Å². The van der Waals surface area contributed by atoms with E-state index >= 15 is 0 Å². The maximum absolute atomic E-state index is 8.37. The highest BCUT2D eigenvalue weighted by Crippen LogP contribution is 2.18. The molecule has 0 aliphatic carbocycles. The Labute approximate surface area is 82.0 Å². The molecule has 5 heteroatoms. The number of thioether (sulfide) groups is 1. The first-order valence-corrected chi connectivity index (χ1v) is 5.13. The van der Waals surface area contributed by atoms with Gasteiger partial charge in [-0.3, -0.25) is 0 Å². The molecule has 70 valence electrons. The van der Waals surface area contributed by atoms with E-state index in [0.29, 0.717) is 12.5 Å². The van der Waals surface area contributed by atoms with Crippen LogP contribution in [0, 0.1) is 11.3 Å². The lowest BCUT2D eigenvalue weighted by molar-refractivity contribution is 0.549. The van der Waals surface area contributed by atoms with Gasteiger partial charge in [-0.25, -0.2) is 0 Å². The molecule has 0 atom stereocenters. The van der Waals surface area contributed by atoms with Gasteiger partial charge in [0.1, 0.15) is 6.33 Å². The summed E-state index contributed by atoms with van der Waals surface area (Å²) < 4.78 is 2.00. The minimum atomic E-state index is 0.375. The van der Waals surface area contributed by atoms with Gasteiger partial charge >= 0.3 is 0 Å². The zero-order valence-corrected chi connectivity index (χ0v) is 8.58. The van der Waals surface area contributed by atoms with E-state index < -0.39 is 0 Å². The number of nitriles is 1. The molecule has 0 aromatic carbocycles. The lowest BCUT2D eigenvalue weighted by Gasteiger charge is -2.08. The summed E-state index contributed by atoms with van der Waals surface area (Å²) in [5, 5.41) is 17.1. The van der Waals surface area contributed by atoms with Crippen molar-refractivity contribution in [2.45, 2.75) is 31.5 Å². The number of rotatable bonds is 4. The first kappa shape index (κ1) is 10.1. The van der Waals surface area contributed by atoms with Crippen molar-refractivity contribution in [1.29, 1.82) is 5.26 Å². The van der Waals surface area contributed by atoms with Crippen molar-refractivity contribution in [3.8, 4) is 6.07 Å². The topological polar surface area (TPSA) is 54.5 Å². The largest absolute Gasteiger partial charge is 0.306 e. The average Bonchev–Trinajstić information content (AvgIpc) is 2.53. The molecule has 1 rings (SSSR count). The summed E-state index contributed by atoms with van der Waals surface area (Å²) in [5.41, 5.74) is 0. The van der Waals surface area contributed by atoms with Crippen LogP contribution in [-0.2, 0) is 0 Å². The molecule has 1 heterocycles. The monoisotopic (exact) mass is 196 g/mol. The van der Waals surface area contributed by atoms with E-state index in [1.54, 1.807) is 18.1 Å². The van der Waals surface area contributed by atoms with Gasteiger partial charge in [0.05, 0.1) is 6.07 Å². The molecular formula is C8H12N4S. The summed E-state index contributed by atoms with van der Waals surface area (Å²) in [6.45, 7) is 4.16. The average molecular weight is 196 g/mol. The third-order valence-electron chi connectivity index (χ3n) is 1.54. The Balaban J connectivity index is 2.56. The van der Waals surface area contributed by atoms with E-state index in [4.69, 9.17) is 5.26 Å². The highest BCUT2D eigenvalue weighted by atomic mass is 32.2. The zero-order chi connectivity index (χ0) is 9.68. The fourth-order valence-electron chi connectivity index (χ4n) is 0.877. The standard InChI is InChI=1S/C8H12N4S/c1-7(2)12-6-10-11-8(12)13-5-3-4-9/h6-7H,3,5H2,1-2H3. The van der Waals surface area contributed by atoms with E-state index in [0.717, 1.165) is 10.9 Å². The van der Waals surface area contributed by atoms with Gasteiger partial charge in [0.15, 0.2) is 5.16 Å². The number of hydrogen-bond acceptors (Lipinski definition) is 4. The van der Waals surface area contributed by atoms with Gasteiger partial charge in [-0.05, 0) is 13.8 Å². The van der Waals surface area contributed by atoms with Gasteiger partial charge in [0.2, 0.25) is 0 Å². The van der Waals surface area contributed by atoms with Crippen LogP contribution in [0.15, 0.2) is 11.5 Å². The zero-order valence-electron chi connectivity index (χ0n) is 7.77. The predicted octanol–water partition coefficient (Wildman–Crippen LogP) is 1.86. The highest BCUT2D eigenvalue weighted by Gasteiger charge is 2.06. The van der Waals surface area contributed by atoms with Crippen LogP contribution >= 0.6 is 11.8 Å². The molecule has 13 heavy (non-hydrogen) atoms. The second kappa shape index (κ2) is 4.87. The molecular weight excluding hydrogens is 184 g/mol. The summed E-state index contributed by atoms with van der Waals surface area (Å²) in [6.07, 6.45) is 2.27. The first-order chi connectivity index (χ1) is 6.25. The van der Waals surface area contributed by atoms with Crippen LogP contribution in [-0.4, -0.2) is 20.5 Å². The van der Waals surface area contributed by atoms with Crippen LogP contribution in [0.1, 0.15) is 26.3 Å². The molecule has 0 aliphatic heterocycles. The lowest BCUT2D eigenvalue weighted by Crippen LogP contribution is -2.01. The third kappa shape index (κ3) is 2.74. The maximum Gasteiger partial charge on any atom is 0.191 e. The van der Waals surface area contributed by atoms with E-state index in [9.17, 15) is 0 Å².